The minimum Gasteiger partial charge on any atom is -0.315 e. The summed E-state index contributed by atoms with van der Waals surface area (Å²) < 4.78 is 0. The summed E-state index contributed by atoms with van der Waals surface area (Å²) in [5.74, 6) is -0.708. The minimum absolute atomic E-state index is 0.259. The van der Waals surface area contributed by atoms with Gasteiger partial charge in [0, 0.05) is 0 Å². The maximum Gasteiger partial charge on any atom is 0.325 e. The van der Waals surface area contributed by atoms with Crippen molar-refractivity contribution in [3.63, 3.8) is 0 Å². The number of Topliss-reactive ketones (excluding diaryl/α,β-unsaturated/α-hetero) is 1. The van der Waals surface area contributed by atoms with Crippen molar-refractivity contribution in [1.82, 2.24) is 10.2 Å². The van der Waals surface area contributed by atoms with E-state index in [0.29, 0.717) is 16.0 Å². The van der Waals surface area contributed by atoms with E-state index in [4.69, 9.17) is 0 Å². The van der Waals surface area contributed by atoms with Gasteiger partial charge in [-0.25, -0.2) is 4.79 Å². The first-order valence-electron chi connectivity index (χ1n) is 8.45. The molecule has 1 aromatic heterocycles. The maximum atomic E-state index is 13.4. The molecule has 5 nitrogen and oxygen atoms in total. The predicted molar refractivity (Wildman–Crippen MR) is 103 cm³/mol. The van der Waals surface area contributed by atoms with Crippen LogP contribution in [0.15, 0.2) is 78.2 Å². The molecular weight excluding hydrogens is 360 g/mol. The summed E-state index contributed by atoms with van der Waals surface area (Å²) in [7, 11) is 0. The molecule has 0 unspecified atom stereocenters. The normalized spacial score (nSPS) is 15.6. The zero-order valence-electron chi connectivity index (χ0n) is 14.3. The quantitative estimate of drug-likeness (QED) is 0.548. The molecule has 1 aliphatic rings. The van der Waals surface area contributed by atoms with Crippen LogP contribution in [0, 0.1) is 0 Å². The molecule has 27 heavy (non-hydrogen) atoms. The topological polar surface area (TPSA) is 66.5 Å². The van der Waals surface area contributed by atoms with E-state index < -0.39 is 17.5 Å². The molecule has 1 aliphatic heterocycles. The van der Waals surface area contributed by atoms with Crippen molar-refractivity contribution >= 4 is 29.1 Å². The van der Waals surface area contributed by atoms with Gasteiger partial charge in [0.15, 0.2) is 11.3 Å². The van der Waals surface area contributed by atoms with Gasteiger partial charge in [-0.15, -0.1) is 11.3 Å². The number of nitrogens with one attached hydrogen (secondary N) is 1. The lowest BCUT2D eigenvalue weighted by Crippen LogP contribution is -2.45. The molecular formula is C21H16N2O3S. The van der Waals surface area contributed by atoms with Gasteiger partial charge in [0.1, 0.15) is 0 Å². The molecule has 0 radical (unpaired) electrons. The summed E-state index contributed by atoms with van der Waals surface area (Å²) in [6.45, 7) is -0.285. The third kappa shape index (κ3) is 2.84. The highest BCUT2D eigenvalue weighted by Gasteiger charge is 2.54. The number of carbonyl (C=O) groups is 3. The van der Waals surface area contributed by atoms with Gasteiger partial charge in [-0.1, -0.05) is 66.7 Å². The summed E-state index contributed by atoms with van der Waals surface area (Å²) in [5.41, 5.74) is -0.0313. The van der Waals surface area contributed by atoms with Crippen molar-refractivity contribution in [3.05, 3.63) is 94.2 Å². The Kier molecular flexibility index (Phi) is 4.33. The van der Waals surface area contributed by atoms with E-state index >= 15 is 0 Å². The zero-order valence-corrected chi connectivity index (χ0v) is 15.1. The molecule has 1 N–H and O–H groups in total. The Morgan fingerprint density at radius 3 is 2.00 bits per heavy atom. The molecule has 0 saturated carbocycles. The first-order valence-corrected chi connectivity index (χ1v) is 9.33. The van der Waals surface area contributed by atoms with Crippen molar-refractivity contribution in [1.29, 1.82) is 0 Å². The monoisotopic (exact) mass is 376 g/mol. The summed E-state index contributed by atoms with van der Waals surface area (Å²) >= 11 is 1.29. The number of nitrogens with zero attached hydrogens (tertiary/aromatic N) is 1. The summed E-state index contributed by atoms with van der Waals surface area (Å²) in [6, 6.07) is 21.1. The second-order valence-electron chi connectivity index (χ2n) is 6.20. The largest absolute Gasteiger partial charge is 0.325 e. The Morgan fingerprint density at radius 1 is 0.889 bits per heavy atom. The van der Waals surface area contributed by atoms with E-state index in [-0.39, 0.29) is 12.3 Å². The fraction of sp³-hybridized carbons (Fsp3) is 0.0952. The summed E-state index contributed by atoms with van der Waals surface area (Å²) in [6.07, 6.45) is 0. The number of rotatable bonds is 5. The van der Waals surface area contributed by atoms with Crippen LogP contribution in [0.1, 0.15) is 20.8 Å². The Hall–Kier alpha value is -3.25. The van der Waals surface area contributed by atoms with Crippen LogP contribution in [0.25, 0.3) is 0 Å². The summed E-state index contributed by atoms with van der Waals surface area (Å²) in [5, 5.41) is 4.63. The number of hydrogen-bond donors (Lipinski definition) is 1. The molecule has 2 aromatic carbocycles. The SMILES string of the molecule is O=C(CN1C(=O)NC(c2ccccc2)(c2ccccc2)C1=O)c1cccs1. The Bertz CT molecular complexity index is 945. The first kappa shape index (κ1) is 17.2. The fourth-order valence-electron chi connectivity index (χ4n) is 3.31. The molecule has 4 rings (SSSR count). The number of thiophene rings is 1. The highest BCUT2D eigenvalue weighted by atomic mass is 32.1. The molecule has 0 atom stereocenters. The number of urea groups is 1. The van der Waals surface area contributed by atoms with Crippen molar-refractivity contribution in [2.45, 2.75) is 5.54 Å². The van der Waals surface area contributed by atoms with Crippen molar-refractivity contribution in [2.24, 2.45) is 0 Å². The lowest BCUT2D eigenvalue weighted by molar-refractivity contribution is -0.129. The van der Waals surface area contributed by atoms with Crippen LogP contribution in [0.3, 0.4) is 0 Å². The van der Waals surface area contributed by atoms with Gasteiger partial charge in [-0.05, 0) is 22.6 Å². The Morgan fingerprint density at radius 2 is 1.48 bits per heavy atom. The first-order chi connectivity index (χ1) is 13.1. The molecule has 1 fully saturated rings. The molecule has 0 aliphatic carbocycles. The van der Waals surface area contributed by atoms with Gasteiger partial charge in [-0.3, -0.25) is 14.5 Å². The molecule has 3 amide bonds. The standard InChI is InChI=1S/C21H16N2O3S/c24-17(18-12-7-13-27-18)14-23-19(25)21(22-20(23)26,15-8-3-1-4-9-15)16-10-5-2-6-11-16/h1-13H,14H2,(H,22,26). The number of benzene rings is 2. The highest BCUT2D eigenvalue weighted by molar-refractivity contribution is 7.12. The second-order valence-corrected chi connectivity index (χ2v) is 7.15. The van der Waals surface area contributed by atoms with Crippen LogP contribution in [0.5, 0.6) is 0 Å². The van der Waals surface area contributed by atoms with Crippen molar-refractivity contribution in [3.8, 4) is 0 Å². The van der Waals surface area contributed by atoms with E-state index in [9.17, 15) is 14.4 Å². The van der Waals surface area contributed by atoms with E-state index in [0.717, 1.165) is 4.90 Å². The van der Waals surface area contributed by atoms with Gasteiger partial charge in [0.05, 0.1) is 11.4 Å². The Balaban J connectivity index is 1.76. The zero-order chi connectivity index (χ0) is 18.9. The lowest BCUT2D eigenvalue weighted by Gasteiger charge is -2.27. The third-order valence-corrected chi connectivity index (χ3v) is 5.53. The van der Waals surface area contributed by atoms with Crippen LogP contribution in [0.4, 0.5) is 4.79 Å². The van der Waals surface area contributed by atoms with E-state index in [1.807, 2.05) is 36.4 Å². The average Bonchev–Trinajstić information content (AvgIpc) is 3.33. The molecule has 0 bridgehead atoms. The van der Waals surface area contributed by atoms with Crippen LogP contribution >= 0.6 is 11.3 Å². The highest BCUT2D eigenvalue weighted by Crippen LogP contribution is 2.36. The summed E-state index contributed by atoms with van der Waals surface area (Å²) in [4.78, 5) is 40.1. The van der Waals surface area contributed by atoms with Gasteiger partial charge >= 0.3 is 6.03 Å². The molecule has 0 spiro atoms. The Labute approximate surface area is 160 Å². The fourth-order valence-corrected chi connectivity index (χ4v) is 3.97. The minimum atomic E-state index is -1.34. The van der Waals surface area contributed by atoms with Crippen LogP contribution in [-0.4, -0.2) is 29.2 Å². The molecule has 3 aromatic rings. The third-order valence-electron chi connectivity index (χ3n) is 4.62. The lowest BCUT2D eigenvalue weighted by atomic mass is 9.82. The number of carbonyl (C=O) groups excluding carboxylic acids is 3. The molecule has 1 saturated heterocycles. The predicted octanol–water partition coefficient (Wildman–Crippen LogP) is 3.43. The number of hydrogen-bond acceptors (Lipinski definition) is 4. The van der Waals surface area contributed by atoms with Crippen molar-refractivity contribution in [2.75, 3.05) is 6.54 Å². The van der Waals surface area contributed by atoms with E-state index in [2.05, 4.69) is 5.32 Å². The van der Waals surface area contributed by atoms with Gasteiger partial charge < -0.3 is 5.32 Å². The van der Waals surface area contributed by atoms with Gasteiger partial charge in [0.2, 0.25) is 0 Å². The molecule has 6 heteroatoms. The van der Waals surface area contributed by atoms with Crippen molar-refractivity contribution < 1.29 is 14.4 Å². The number of ketones is 1. The molecule has 134 valence electrons. The van der Waals surface area contributed by atoms with Gasteiger partial charge in [-0.2, -0.15) is 0 Å². The van der Waals surface area contributed by atoms with Crippen LogP contribution in [-0.2, 0) is 10.3 Å². The second kappa shape index (κ2) is 6.81. The smallest absolute Gasteiger partial charge is 0.315 e. The van der Waals surface area contributed by atoms with Crippen LogP contribution < -0.4 is 5.32 Å². The van der Waals surface area contributed by atoms with Gasteiger partial charge in [0.25, 0.3) is 5.91 Å². The molecule has 2 heterocycles. The average molecular weight is 376 g/mol. The van der Waals surface area contributed by atoms with E-state index in [1.54, 1.807) is 41.8 Å². The van der Waals surface area contributed by atoms with E-state index in [1.165, 1.54) is 11.3 Å². The van der Waals surface area contributed by atoms with Crippen LogP contribution in [0.2, 0.25) is 0 Å². The number of imide groups is 1. The maximum absolute atomic E-state index is 13.4. The number of amides is 3.